The number of rotatable bonds is 6. The lowest BCUT2D eigenvalue weighted by atomic mass is 10.1. The lowest BCUT2D eigenvalue weighted by molar-refractivity contribution is -0.151. The molecule has 1 aromatic carbocycles. The summed E-state index contributed by atoms with van der Waals surface area (Å²) in [7, 11) is 1.27. The van der Waals surface area contributed by atoms with Gasteiger partial charge in [0, 0.05) is 23.2 Å². The summed E-state index contributed by atoms with van der Waals surface area (Å²) in [6.45, 7) is 4.03. The minimum absolute atomic E-state index is 0.102. The Balaban J connectivity index is 1.75. The highest BCUT2D eigenvalue weighted by atomic mass is 16.6. The molecule has 3 aromatic rings. The molecule has 0 radical (unpaired) electrons. The first-order valence-electron chi connectivity index (χ1n) is 9.71. The van der Waals surface area contributed by atoms with Crippen LogP contribution in [0.2, 0.25) is 0 Å². The highest BCUT2D eigenvalue weighted by Gasteiger charge is 2.31. The van der Waals surface area contributed by atoms with Crippen LogP contribution in [0.1, 0.15) is 66.4 Å². The number of carbonyl (C=O) groups is 2. The average Bonchev–Trinajstić information content (AvgIpc) is 3.49. The second kappa shape index (κ2) is 7.66. The zero-order valence-corrected chi connectivity index (χ0v) is 16.7. The predicted octanol–water partition coefficient (Wildman–Crippen LogP) is 3.96. The first-order valence-corrected chi connectivity index (χ1v) is 9.71. The van der Waals surface area contributed by atoms with Gasteiger partial charge in [0.05, 0.1) is 24.3 Å². The van der Waals surface area contributed by atoms with E-state index in [9.17, 15) is 9.59 Å². The van der Waals surface area contributed by atoms with Crippen molar-refractivity contribution >= 4 is 23.0 Å². The van der Waals surface area contributed by atoms with Crippen molar-refractivity contribution in [2.45, 2.75) is 44.8 Å². The topological polar surface area (TPSA) is 83.3 Å². The van der Waals surface area contributed by atoms with Gasteiger partial charge in [-0.25, -0.2) is 19.3 Å². The van der Waals surface area contributed by atoms with Gasteiger partial charge in [0.1, 0.15) is 0 Å². The van der Waals surface area contributed by atoms with Crippen LogP contribution in [-0.4, -0.2) is 33.8 Å². The molecular formula is C22H23N3O4. The van der Waals surface area contributed by atoms with Crippen LogP contribution in [0, 0.1) is 0 Å². The van der Waals surface area contributed by atoms with Gasteiger partial charge >= 0.3 is 11.9 Å². The molecule has 1 fully saturated rings. The van der Waals surface area contributed by atoms with Crippen molar-refractivity contribution in [1.82, 2.24) is 14.8 Å². The van der Waals surface area contributed by atoms with Gasteiger partial charge in [0.2, 0.25) is 6.10 Å². The average molecular weight is 393 g/mol. The van der Waals surface area contributed by atoms with Crippen molar-refractivity contribution in [2.24, 2.45) is 0 Å². The summed E-state index contributed by atoms with van der Waals surface area (Å²) in [6, 6.07) is 10.7. The maximum atomic E-state index is 13.1. The van der Waals surface area contributed by atoms with Crippen molar-refractivity contribution in [3.8, 4) is 0 Å². The zero-order valence-electron chi connectivity index (χ0n) is 16.7. The van der Waals surface area contributed by atoms with Gasteiger partial charge < -0.3 is 9.47 Å². The van der Waals surface area contributed by atoms with Gasteiger partial charge in [0.25, 0.3) is 0 Å². The maximum absolute atomic E-state index is 13.1. The van der Waals surface area contributed by atoms with Gasteiger partial charge in [0.15, 0.2) is 5.65 Å². The molecular weight excluding hydrogens is 370 g/mol. The van der Waals surface area contributed by atoms with E-state index >= 15 is 0 Å². The first-order chi connectivity index (χ1) is 14.0. The summed E-state index contributed by atoms with van der Waals surface area (Å²) >= 11 is 0. The van der Waals surface area contributed by atoms with E-state index in [4.69, 9.17) is 14.5 Å². The third-order valence-electron chi connectivity index (χ3n) is 5.03. The highest BCUT2D eigenvalue weighted by Crippen LogP contribution is 2.40. The molecule has 0 saturated heterocycles. The maximum Gasteiger partial charge on any atom is 0.351 e. The summed E-state index contributed by atoms with van der Waals surface area (Å²) in [4.78, 5) is 30.2. The number of carbonyl (C=O) groups excluding carboxylic acids is 2. The summed E-state index contributed by atoms with van der Waals surface area (Å²) < 4.78 is 12.3. The molecule has 1 aliphatic rings. The molecule has 0 unspecified atom stereocenters. The molecule has 2 aromatic heterocycles. The summed E-state index contributed by atoms with van der Waals surface area (Å²) in [5.41, 5.74) is 2.44. The Morgan fingerprint density at radius 2 is 1.90 bits per heavy atom. The number of fused-ring (bicyclic) bond motifs is 1. The number of esters is 2. The molecule has 7 heteroatoms. The van der Waals surface area contributed by atoms with Crippen LogP contribution in [0.15, 0.2) is 42.6 Å². The highest BCUT2D eigenvalue weighted by molar-refractivity contribution is 6.03. The van der Waals surface area contributed by atoms with Crippen molar-refractivity contribution < 1.29 is 19.1 Å². The van der Waals surface area contributed by atoms with E-state index in [-0.39, 0.29) is 6.04 Å². The van der Waals surface area contributed by atoms with Crippen molar-refractivity contribution in [3.63, 3.8) is 0 Å². The molecule has 0 N–H and O–H groups in total. The largest absolute Gasteiger partial charge is 0.466 e. The fraction of sp³-hybridized carbons (Fsp3) is 0.364. The quantitative estimate of drug-likeness (QED) is 0.590. The molecule has 0 amide bonds. The summed E-state index contributed by atoms with van der Waals surface area (Å²) in [5, 5.41) is 5.02. The third kappa shape index (κ3) is 3.72. The second-order valence-electron chi connectivity index (χ2n) is 7.51. The van der Waals surface area contributed by atoms with Crippen LogP contribution in [-0.2, 0) is 14.3 Å². The Hall–Kier alpha value is -3.22. The molecule has 29 heavy (non-hydrogen) atoms. The smallest absolute Gasteiger partial charge is 0.351 e. The summed E-state index contributed by atoms with van der Waals surface area (Å²) in [5.74, 6) is -0.871. The lowest BCUT2D eigenvalue weighted by Crippen LogP contribution is -2.21. The van der Waals surface area contributed by atoms with Crippen LogP contribution < -0.4 is 0 Å². The Bertz CT molecular complexity index is 1050. The Morgan fingerprint density at radius 3 is 2.52 bits per heavy atom. The fourth-order valence-electron chi connectivity index (χ4n) is 3.33. The van der Waals surface area contributed by atoms with Gasteiger partial charge in [-0.1, -0.05) is 30.3 Å². The van der Waals surface area contributed by atoms with Crippen molar-refractivity contribution in [2.75, 3.05) is 7.11 Å². The van der Waals surface area contributed by atoms with Crippen LogP contribution >= 0.6 is 0 Å². The van der Waals surface area contributed by atoms with Crippen molar-refractivity contribution in [3.05, 3.63) is 59.4 Å². The Morgan fingerprint density at radius 1 is 1.17 bits per heavy atom. The van der Waals surface area contributed by atoms with Gasteiger partial charge in [-0.05, 0) is 32.8 Å². The molecule has 0 spiro atoms. The standard InChI is InChI=1S/C22H23N3O4/c1-13(2)25-20-17(12-23-25)16(11-18(24-20)14-9-10-14)21(26)29-19(22(27)28-3)15-7-5-4-6-8-15/h4-8,11-14,19H,9-10H2,1-3H3/t19-/m1/s1. The number of ether oxygens (including phenoxy) is 2. The van der Waals surface area contributed by atoms with Crippen LogP contribution in [0.3, 0.4) is 0 Å². The minimum Gasteiger partial charge on any atom is -0.466 e. The summed E-state index contributed by atoms with van der Waals surface area (Å²) in [6.07, 6.45) is 2.60. The molecule has 4 rings (SSSR count). The van der Waals surface area contributed by atoms with E-state index in [1.54, 1.807) is 41.2 Å². The molecule has 0 bridgehead atoms. The normalized spacial score (nSPS) is 14.8. The van der Waals surface area contributed by atoms with Crippen molar-refractivity contribution in [1.29, 1.82) is 0 Å². The van der Waals surface area contributed by atoms with Gasteiger partial charge in [-0.3, -0.25) is 0 Å². The molecule has 2 heterocycles. The number of pyridine rings is 1. The van der Waals surface area contributed by atoms with E-state index in [1.807, 2.05) is 19.9 Å². The van der Waals surface area contributed by atoms with Crippen LogP contribution in [0.4, 0.5) is 0 Å². The number of aromatic nitrogens is 3. The lowest BCUT2D eigenvalue weighted by Gasteiger charge is -2.17. The van der Waals surface area contributed by atoms with Crippen LogP contribution in [0.5, 0.6) is 0 Å². The molecule has 150 valence electrons. The van der Waals surface area contributed by atoms with Gasteiger partial charge in [-0.15, -0.1) is 0 Å². The van der Waals surface area contributed by atoms with E-state index in [0.29, 0.717) is 28.1 Å². The number of hydrogen-bond acceptors (Lipinski definition) is 6. The molecule has 1 aliphatic carbocycles. The third-order valence-corrected chi connectivity index (χ3v) is 5.03. The van der Waals surface area contributed by atoms with E-state index < -0.39 is 18.0 Å². The first kappa shape index (κ1) is 19.1. The number of nitrogens with zero attached hydrogens (tertiary/aromatic N) is 3. The Labute approximate surface area is 168 Å². The molecule has 7 nitrogen and oxygen atoms in total. The van der Waals surface area contributed by atoms with E-state index in [0.717, 1.165) is 18.5 Å². The SMILES string of the molecule is COC(=O)[C@H](OC(=O)c1cc(C2CC2)nc2c1cnn2C(C)C)c1ccccc1. The van der Waals surface area contributed by atoms with E-state index in [1.165, 1.54) is 7.11 Å². The predicted molar refractivity (Wildman–Crippen MR) is 107 cm³/mol. The Kier molecular flexibility index (Phi) is 5.05. The fourth-order valence-corrected chi connectivity index (χ4v) is 3.33. The molecule has 0 aliphatic heterocycles. The number of hydrogen-bond donors (Lipinski definition) is 0. The minimum atomic E-state index is -1.14. The van der Waals surface area contributed by atoms with Gasteiger partial charge in [-0.2, -0.15) is 5.10 Å². The molecule has 1 saturated carbocycles. The number of methoxy groups -OCH3 is 1. The van der Waals surface area contributed by atoms with E-state index in [2.05, 4.69) is 5.10 Å². The van der Waals surface area contributed by atoms with Crippen LogP contribution in [0.25, 0.3) is 11.0 Å². The molecule has 1 atom stereocenters. The monoisotopic (exact) mass is 393 g/mol. The second-order valence-corrected chi connectivity index (χ2v) is 7.51. The number of benzene rings is 1. The zero-order chi connectivity index (χ0) is 20.5.